The van der Waals surface area contributed by atoms with Crippen molar-refractivity contribution in [1.29, 1.82) is 0 Å². The van der Waals surface area contributed by atoms with Crippen LogP contribution in [0, 0.1) is 5.92 Å². The lowest BCUT2D eigenvalue weighted by molar-refractivity contribution is -0.145. The van der Waals surface area contributed by atoms with Gasteiger partial charge in [0.15, 0.2) is 5.78 Å². The summed E-state index contributed by atoms with van der Waals surface area (Å²) >= 11 is 0. The maximum absolute atomic E-state index is 12.0. The number of carboxylic acids is 1. The number of carboxylic acid groups (broad SMARTS) is 1. The Morgan fingerprint density at radius 1 is 1.05 bits per heavy atom. The molecule has 1 heterocycles. The van der Waals surface area contributed by atoms with Crippen LogP contribution >= 0.6 is 0 Å². The molecule has 5 heteroatoms. The van der Waals surface area contributed by atoms with Crippen LogP contribution < -0.4 is 0 Å². The summed E-state index contributed by atoms with van der Waals surface area (Å²) < 4.78 is 0. The summed E-state index contributed by atoms with van der Waals surface area (Å²) in [6, 6.07) is 8.92. The van der Waals surface area contributed by atoms with Gasteiger partial charge in [0.05, 0.1) is 5.92 Å². The highest BCUT2D eigenvalue weighted by atomic mass is 16.4. The minimum Gasteiger partial charge on any atom is -0.481 e. The monoisotopic (exact) mass is 289 g/mol. The van der Waals surface area contributed by atoms with Gasteiger partial charge in [0.2, 0.25) is 5.91 Å². The first kappa shape index (κ1) is 15.2. The average molecular weight is 289 g/mol. The van der Waals surface area contributed by atoms with Gasteiger partial charge in [-0.05, 0) is 12.8 Å². The van der Waals surface area contributed by atoms with E-state index >= 15 is 0 Å². The van der Waals surface area contributed by atoms with Gasteiger partial charge in [-0.3, -0.25) is 14.4 Å². The first-order chi connectivity index (χ1) is 10.1. The quantitative estimate of drug-likeness (QED) is 0.841. The predicted octanol–water partition coefficient (Wildman–Crippen LogP) is 1.97. The number of rotatable bonds is 5. The third-order valence-electron chi connectivity index (χ3n) is 3.86. The lowest BCUT2D eigenvalue weighted by Crippen LogP contribution is -2.40. The van der Waals surface area contributed by atoms with Crippen LogP contribution in [0.25, 0.3) is 0 Å². The summed E-state index contributed by atoms with van der Waals surface area (Å²) in [4.78, 5) is 36.5. The van der Waals surface area contributed by atoms with Crippen molar-refractivity contribution in [3.05, 3.63) is 35.9 Å². The number of carbonyl (C=O) groups excluding carboxylic acids is 2. The SMILES string of the molecule is O=C(CCC(=O)N1CCC(C(=O)O)CC1)c1ccccc1. The van der Waals surface area contributed by atoms with Crippen molar-refractivity contribution in [3.8, 4) is 0 Å². The van der Waals surface area contributed by atoms with Crippen molar-refractivity contribution in [1.82, 2.24) is 4.90 Å². The zero-order valence-corrected chi connectivity index (χ0v) is 11.8. The molecule has 0 bridgehead atoms. The third-order valence-corrected chi connectivity index (χ3v) is 3.86. The van der Waals surface area contributed by atoms with Crippen molar-refractivity contribution >= 4 is 17.7 Å². The van der Waals surface area contributed by atoms with Crippen molar-refractivity contribution in [2.75, 3.05) is 13.1 Å². The van der Waals surface area contributed by atoms with Gasteiger partial charge >= 0.3 is 5.97 Å². The number of aliphatic carboxylic acids is 1. The summed E-state index contributed by atoms with van der Waals surface area (Å²) in [6.07, 6.45) is 1.37. The Hall–Kier alpha value is -2.17. The number of carbonyl (C=O) groups is 3. The molecular weight excluding hydrogens is 270 g/mol. The molecule has 0 radical (unpaired) electrons. The molecule has 2 rings (SSSR count). The molecule has 0 unspecified atom stereocenters. The van der Waals surface area contributed by atoms with Crippen LogP contribution in [0.1, 0.15) is 36.0 Å². The molecule has 1 N–H and O–H groups in total. The second kappa shape index (κ2) is 7.02. The second-order valence-corrected chi connectivity index (χ2v) is 5.28. The van der Waals surface area contributed by atoms with E-state index in [0.29, 0.717) is 31.5 Å². The van der Waals surface area contributed by atoms with Gasteiger partial charge in [0.1, 0.15) is 0 Å². The van der Waals surface area contributed by atoms with E-state index < -0.39 is 5.97 Å². The number of piperidine rings is 1. The largest absolute Gasteiger partial charge is 0.481 e. The highest BCUT2D eigenvalue weighted by Crippen LogP contribution is 2.18. The van der Waals surface area contributed by atoms with E-state index in [-0.39, 0.29) is 30.4 Å². The molecule has 1 aliphatic heterocycles. The summed E-state index contributed by atoms with van der Waals surface area (Å²) in [6.45, 7) is 0.935. The van der Waals surface area contributed by atoms with Crippen LogP contribution in [0.5, 0.6) is 0 Å². The summed E-state index contributed by atoms with van der Waals surface area (Å²) in [5, 5.41) is 8.92. The van der Waals surface area contributed by atoms with Crippen molar-refractivity contribution in [3.63, 3.8) is 0 Å². The fraction of sp³-hybridized carbons (Fsp3) is 0.438. The van der Waals surface area contributed by atoms with Gasteiger partial charge in [-0.2, -0.15) is 0 Å². The first-order valence-electron chi connectivity index (χ1n) is 7.17. The van der Waals surface area contributed by atoms with Gasteiger partial charge in [-0.25, -0.2) is 0 Å². The summed E-state index contributed by atoms with van der Waals surface area (Å²) in [5.41, 5.74) is 0.620. The molecule has 0 saturated carbocycles. The normalized spacial score (nSPS) is 15.7. The fourth-order valence-corrected chi connectivity index (χ4v) is 2.52. The molecule has 1 aliphatic rings. The van der Waals surface area contributed by atoms with Crippen molar-refractivity contribution < 1.29 is 19.5 Å². The van der Waals surface area contributed by atoms with Crippen LogP contribution in [0.3, 0.4) is 0 Å². The van der Waals surface area contributed by atoms with Crippen molar-refractivity contribution in [2.24, 2.45) is 5.92 Å². The highest BCUT2D eigenvalue weighted by molar-refractivity contribution is 5.97. The fourth-order valence-electron chi connectivity index (χ4n) is 2.52. The number of amides is 1. The van der Waals surface area contributed by atoms with E-state index in [1.807, 2.05) is 6.07 Å². The van der Waals surface area contributed by atoms with Gasteiger partial charge in [-0.15, -0.1) is 0 Å². The molecule has 21 heavy (non-hydrogen) atoms. The van der Waals surface area contributed by atoms with Crippen LogP contribution in [0.2, 0.25) is 0 Å². The lowest BCUT2D eigenvalue weighted by Gasteiger charge is -2.30. The molecule has 0 aromatic heterocycles. The Labute approximate surface area is 123 Å². The van der Waals surface area contributed by atoms with Crippen LogP contribution in [0.4, 0.5) is 0 Å². The summed E-state index contributed by atoms with van der Waals surface area (Å²) in [5.74, 6) is -1.24. The zero-order chi connectivity index (χ0) is 15.2. The number of nitrogens with zero attached hydrogens (tertiary/aromatic N) is 1. The van der Waals surface area contributed by atoms with Gasteiger partial charge in [0.25, 0.3) is 0 Å². The molecule has 1 fully saturated rings. The topological polar surface area (TPSA) is 74.7 Å². The molecule has 112 valence electrons. The third kappa shape index (κ3) is 4.15. The predicted molar refractivity (Wildman–Crippen MR) is 76.9 cm³/mol. The lowest BCUT2D eigenvalue weighted by atomic mass is 9.96. The molecule has 1 aromatic carbocycles. The number of hydrogen-bond acceptors (Lipinski definition) is 3. The van der Waals surface area contributed by atoms with Gasteiger partial charge < -0.3 is 10.0 Å². The Morgan fingerprint density at radius 3 is 2.24 bits per heavy atom. The highest BCUT2D eigenvalue weighted by Gasteiger charge is 2.26. The number of benzene rings is 1. The minimum atomic E-state index is -0.790. The van der Waals surface area contributed by atoms with Crippen molar-refractivity contribution in [2.45, 2.75) is 25.7 Å². The number of Topliss-reactive ketones (excluding diaryl/α,β-unsaturated/α-hetero) is 1. The molecule has 1 amide bonds. The molecule has 0 spiro atoms. The van der Waals surface area contributed by atoms with E-state index in [9.17, 15) is 14.4 Å². The Morgan fingerprint density at radius 2 is 1.67 bits per heavy atom. The summed E-state index contributed by atoms with van der Waals surface area (Å²) in [7, 11) is 0. The smallest absolute Gasteiger partial charge is 0.306 e. The maximum Gasteiger partial charge on any atom is 0.306 e. The molecular formula is C16H19NO4. The first-order valence-corrected chi connectivity index (χ1v) is 7.17. The van der Waals surface area contributed by atoms with E-state index in [1.54, 1.807) is 29.2 Å². The standard InChI is InChI=1S/C16H19NO4/c18-14(12-4-2-1-3-5-12)6-7-15(19)17-10-8-13(9-11-17)16(20)21/h1-5,13H,6-11H2,(H,20,21). The Kier molecular flexibility index (Phi) is 5.09. The van der Waals surface area contributed by atoms with E-state index in [0.717, 1.165) is 0 Å². The van der Waals surface area contributed by atoms with Crippen LogP contribution in [-0.4, -0.2) is 40.8 Å². The minimum absolute atomic E-state index is 0.0376. The van der Waals surface area contributed by atoms with E-state index in [4.69, 9.17) is 5.11 Å². The zero-order valence-electron chi connectivity index (χ0n) is 11.8. The molecule has 0 aliphatic carbocycles. The van der Waals surface area contributed by atoms with Crippen LogP contribution in [0.15, 0.2) is 30.3 Å². The molecule has 5 nitrogen and oxygen atoms in total. The molecule has 1 saturated heterocycles. The number of likely N-dealkylation sites (tertiary alicyclic amines) is 1. The maximum atomic E-state index is 12.0. The second-order valence-electron chi connectivity index (χ2n) is 5.28. The number of hydrogen-bond donors (Lipinski definition) is 1. The Balaban J connectivity index is 1.78. The Bertz CT molecular complexity index is 518. The molecule has 0 atom stereocenters. The molecule has 1 aromatic rings. The van der Waals surface area contributed by atoms with E-state index in [2.05, 4.69) is 0 Å². The van der Waals surface area contributed by atoms with Crippen LogP contribution in [-0.2, 0) is 9.59 Å². The average Bonchev–Trinajstić information content (AvgIpc) is 2.53. The van der Waals surface area contributed by atoms with E-state index in [1.165, 1.54) is 0 Å². The number of ketones is 1. The van der Waals surface area contributed by atoms with Gasteiger partial charge in [0, 0.05) is 31.5 Å². The van der Waals surface area contributed by atoms with Gasteiger partial charge in [-0.1, -0.05) is 30.3 Å².